The number of anilines is 1. The summed E-state index contributed by atoms with van der Waals surface area (Å²) >= 11 is 0. The molecule has 2 aliphatic heterocycles. The number of carbonyl (C=O) groups is 1. The molecule has 166 valence electrons. The van der Waals surface area contributed by atoms with Gasteiger partial charge in [-0.15, -0.1) is 0 Å². The van der Waals surface area contributed by atoms with Crippen LogP contribution in [0.15, 0.2) is 41.6 Å². The third-order valence-corrected chi connectivity index (χ3v) is 7.29. The lowest BCUT2D eigenvalue weighted by Crippen LogP contribution is -2.49. The van der Waals surface area contributed by atoms with Crippen LogP contribution in [0.2, 0.25) is 0 Å². The Morgan fingerprint density at radius 3 is 2.29 bits per heavy atom. The summed E-state index contributed by atoms with van der Waals surface area (Å²) < 4.78 is 37.1. The van der Waals surface area contributed by atoms with Crippen molar-refractivity contribution in [2.24, 2.45) is 0 Å². The molecule has 0 aliphatic carbocycles. The van der Waals surface area contributed by atoms with E-state index in [0.717, 1.165) is 0 Å². The molecule has 11 heteroatoms. The Balaban J connectivity index is 1.37. The molecule has 2 saturated heterocycles. The van der Waals surface area contributed by atoms with Crippen LogP contribution < -0.4 is 9.64 Å². The van der Waals surface area contributed by atoms with Crippen LogP contribution in [-0.2, 0) is 14.8 Å². The Morgan fingerprint density at radius 1 is 0.968 bits per heavy atom. The minimum Gasteiger partial charge on any atom is -0.481 e. The molecule has 31 heavy (non-hydrogen) atoms. The van der Waals surface area contributed by atoms with Crippen molar-refractivity contribution in [2.75, 3.05) is 64.5 Å². The maximum atomic E-state index is 12.7. The zero-order valence-corrected chi connectivity index (χ0v) is 18.1. The van der Waals surface area contributed by atoms with Crippen LogP contribution in [0.25, 0.3) is 0 Å². The second kappa shape index (κ2) is 9.16. The lowest BCUT2D eigenvalue weighted by molar-refractivity contribution is 0.0730. The van der Waals surface area contributed by atoms with Gasteiger partial charge in [0, 0.05) is 57.7 Å². The standard InChI is InChI=1S/C20H25N5O5S/c1-29-19-5-2-16(14-22-19)20(26)24-8-6-23(7-9-24)18-4-3-17(15-21-18)31(27,28)25-10-12-30-13-11-25/h2-5,14-15H,6-13H2,1H3. The van der Waals surface area contributed by atoms with E-state index in [-0.39, 0.29) is 10.8 Å². The minimum atomic E-state index is -3.56. The summed E-state index contributed by atoms with van der Waals surface area (Å²) in [4.78, 5) is 25.1. The van der Waals surface area contributed by atoms with E-state index in [0.29, 0.717) is 69.7 Å². The summed E-state index contributed by atoms with van der Waals surface area (Å²) in [5, 5.41) is 0. The van der Waals surface area contributed by atoms with Gasteiger partial charge < -0.3 is 19.3 Å². The maximum absolute atomic E-state index is 12.7. The van der Waals surface area contributed by atoms with Crippen molar-refractivity contribution in [3.63, 3.8) is 0 Å². The number of sulfonamides is 1. The van der Waals surface area contributed by atoms with Crippen LogP contribution >= 0.6 is 0 Å². The molecule has 0 aromatic carbocycles. The van der Waals surface area contributed by atoms with Crippen molar-refractivity contribution >= 4 is 21.7 Å². The molecule has 0 spiro atoms. The molecule has 4 heterocycles. The first-order valence-electron chi connectivity index (χ1n) is 10.1. The molecule has 0 unspecified atom stereocenters. The SMILES string of the molecule is COc1ccc(C(=O)N2CCN(c3ccc(S(=O)(=O)N4CCOCC4)cn3)CC2)cn1. The Kier molecular flexibility index (Phi) is 6.35. The minimum absolute atomic E-state index is 0.0743. The van der Waals surface area contributed by atoms with Crippen molar-refractivity contribution in [3.8, 4) is 5.88 Å². The Labute approximate surface area is 181 Å². The van der Waals surface area contributed by atoms with Gasteiger partial charge in [0.05, 0.1) is 25.9 Å². The van der Waals surface area contributed by atoms with E-state index in [4.69, 9.17) is 9.47 Å². The third-order valence-electron chi connectivity index (χ3n) is 5.41. The number of rotatable bonds is 5. The van der Waals surface area contributed by atoms with Gasteiger partial charge in [-0.05, 0) is 18.2 Å². The number of hydrogen-bond acceptors (Lipinski definition) is 8. The number of hydrogen-bond donors (Lipinski definition) is 0. The summed E-state index contributed by atoms with van der Waals surface area (Å²) in [5.74, 6) is 1.08. The van der Waals surface area contributed by atoms with Crippen molar-refractivity contribution in [1.82, 2.24) is 19.2 Å². The van der Waals surface area contributed by atoms with E-state index in [1.165, 1.54) is 23.8 Å². The molecular weight excluding hydrogens is 422 g/mol. The Bertz CT molecular complexity index is 999. The zero-order valence-electron chi connectivity index (χ0n) is 17.3. The predicted molar refractivity (Wildman–Crippen MR) is 113 cm³/mol. The summed E-state index contributed by atoms with van der Waals surface area (Å²) in [6.45, 7) is 3.81. The smallest absolute Gasteiger partial charge is 0.255 e. The Morgan fingerprint density at radius 2 is 1.71 bits per heavy atom. The molecule has 2 fully saturated rings. The van der Waals surface area contributed by atoms with Crippen LogP contribution in [0.3, 0.4) is 0 Å². The highest BCUT2D eigenvalue weighted by Gasteiger charge is 2.27. The fourth-order valence-electron chi connectivity index (χ4n) is 3.60. The summed E-state index contributed by atoms with van der Waals surface area (Å²) in [7, 11) is -2.03. The molecule has 0 N–H and O–H groups in total. The van der Waals surface area contributed by atoms with E-state index in [1.54, 1.807) is 29.2 Å². The second-order valence-electron chi connectivity index (χ2n) is 7.24. The lowest BCUT2D eigenvalue weighted by atomic mass is 10.2. The number of ether oxygens (including phenoxy) is 2. The molecule has 1 amide bonds. The maximum Gasteiger partial charge on any atom is 0.255 e. The molecule has 2 aromatic rings. The highest BCUT2D eigenvalue weighted by atomic mass is 32.2. The van der Waals surface area contributed by atoms with Gasteiger partial charge in [-0.3, -0.25) is 4.79 Å². The summed E-state index contributed by atoms with van der Waals surface area (Å²) in [6.07, 6.45) is 2.92. The van der Waals surface area contributed by atoms with Crippen molar-refractivity contribution in [1.29, 1.82) is 0 Å². The van der Waals surface area contributed by atoms with Crippen LogP contribution in [0.1, 0.15) is 10.4 Å². The molecule has 2 aliphatic rings. The van der Waals surface area contributed by atoms with Crippen LogP contribution in [0, 0.1) is 0 Å². The quantitative estimate of drug-likeness (QED) is 0.651. The lowest BCUT2D eigenvalue weighted by Gasteiger charge is -2.35. The molecule has 0 atom stereocenters. The first kappa shape index (κ1) is 21.5. The largest absolute Gasteiger partial charge is 0.481 e. The third kappa shape index (κ3) is 4.63. The number of morpholine rings is 1. The average molecular weight is 448 g/mol. The molecule has 2 aromatic heterocycles. The van der Waals surface area contributed by atoms with Gasteiger partial charge in [-0.1, -0.05) is 0 Å². The molecule has 0 bridgehead atoms. The molecule has 4 rings (SSSR count). The number of pyridine rings is 2. The van der Waals surface area contributed by atoms with E-state index in [2.05, 4.69) is 9.97 Å². The average Bonchev–Trinajstić information content (AvgIpc) is 2.84. The van der Waals surface area contributed by atoms with Crippen LogP contribution in [0.5, 0.6) is 5.88 Å². The van der Waals surface area contributed by atoms with Crippen molar-refractivity contribution in [2.45, 2.75) is 4.90 Å². The molecule has 0 radical (unpaired) electrons. The van der Waals surface area contributed by atoms with Gasteiger partial charge in [0.1, 0.15) is 10.7 Å². The number of aromatic nitrogens is 2. The number of amides is 1. The van der Waals surface area contributed by atoms with Crippen LogP contribution in [0.4, 0.5) is 5.82 Å². The predicted octanol–water partition coefficient (Wildman–Crippen LogP) is 0.469. The van der Waals surface area contributed by atoms with Crippen molar-refractivity contribution in [3.05, 3.63) is 42.2 Å². The molecule has 10 nitrogen and oxygen atoms in total. The molecule has 0 saturated carbocycles. The first-order chi connectivity index (χ1) is 15.0. The van der Waals surface area contributed by atoms with E-state index < -0.39 is 10.0 Å². The van der Waals surface area contributed by atoms with Crippen LogP contribution in [-0.4, -0.2) is 93.1 Å². The number of carbonyl (C=O) groups excluding carboxylic acids is 1. The van der Waals surface area contributed by atoms with Gasteiger partial charge in [0.25, 0.3) is 5.91 Å². The monoisotopic (exact) mass is 447 g/mol. The highest BCUT2D eigenvalue weighted by molar-refractivity contribution is 7.89. The second-order valence-corrected chi connectivity index (χ2v) is 9.17. The van der Waals surface area contributed by atoms with E-state index in [1.807, 2.05) is 4.90 Å². The van der Waals surface area contributed by atoms with Gasteiger partial charge in [-0.25, -0.2) is 18.4 Å². The molecular formula is C20H25N5O5S. The number of methoxy groups -OCH3 is 1. The highest BCUT2D eigenvalue weighted by Crippen LogP contribution is 2.20. The fraction of sp³-hybridized carbons (Fsp3) is 0.450. The first-order valence-corrected chi connectivity index (χ1v) is 11.5. The van der Waals surface area contributed by atoms with Gasteiger partial charge in [0.2, 0.25) is 15.9 Å². The van der Waals surface area contributed by atoms with Gasteiger partial charge >= 0.3 is 0 Å². The summed E-state index contributed by atoms with van der Waals surface area (Å²) in [5.41, 5.74) is 0.519. The Hall–Kier alpha value is -2.76. The normalized spacial score (nSPS) is 18.1. The van der Waals surface area contributed by atoms with Crippen molar-refractivity contribution < 1.29 is 22.7 Å². The van der Waals surface area contributed by atoms with E-state index in [9.17, 15) is 13.2 Å². The van der Waals surface area contributed by atoms with Gasteiger partial charge in [0.15, 0.2) is 0 Å². The number of nitrogens with zero attached hydrogens (tertiary/aromatic N) is 5. The topological polar surface area (TPSA) is 105 Å². The fourth-order valence-corrected chi connectivity index (χ4v) is 4.95. The van der Waals surface area contributed by atoms with Gasteiger partial charge in [-0.2, -0.15) is 4.31 Å². The zero-order chi connectivity index (χ0) is 21.8. The summed E-state index contributed by atoms with van der Waals surface area (Å²) in [6, 6.07) is 6.68. The number of piperazine rings is 1. The van der Waals surface area contributed by atoms with E-state index >= 15 is 0 Å².